The molecule has 1 N–H and O–H groups in total. The van der Waals surface area contributed by atoms with Crippen molar-refractivity contribution in [3.63, 3.8) is 0 Å². The highest BCUT2D eigenvalue weighted by Crippen LogP contribution is 2.39. The topological polar surface area (TPSA) is 107 Å². The van der Waals surface area contributed by atoms with Crippen LogP contribution in [0.25, 0.3) is 0 Å². The number of hydrogen-bond acceptors (Lipinski definition) is 6. The SMILES string of the molecule is CCOC(=O)Cn1ncc2c1CCCC2N(c1cnc(OCC)c(Br)c1)S(=O)O. The lowest BCUT2D eigenvalue weighted by Crippen LogP contribution is -2.33. The molecule has 2 heterocycles. The average molecular weight is 487 g/mol. The summed E-state index contributed by atoms with van der Waals surface area (Å²) in [6.07, 6.45) is 5.39. The number of rotatable bonds is 8. The van der Waals surface area contributed by atoms with E-state index in [1.54, 1.807) is 23.9 Å². The Bertz CT molecular complexity index is 906. The van der Waals surface area contributed by atoms with Gasteiger partial charge in [0.2, 0.25) is 5.88 Å². The number of carbonyl (C=O) groups excluding carboxylic acids is 1. The zero-order chi connectivity index (χ0) is 21.0. The van der Waals surface area contributed by atoms with Gasteiger partial charge < -0.3 is 9.47 Å². The van der Waals surface area contributed by atoms with Crippen LogP contribution in [0.2, 0.25) is 0 Å². The van der Waals surface area contributed by atoms with Gasteiger partial charge in [0.05, 0.1) is 41.8 Å². The second-order valence-electron chi connectivity index (χ2n) is 6.39. The maximum atomic E-state index is 12.3. The second-order valence-corrected chi connectivity index (χ2v) is 8.10. The Morgan fingerprint density at radius 1 is 1.41 bits per heavy atom. The minimum absolute atomic E-state index is 0.0221. The van der Waals surface area contributed by atoms with Crippen LogP contribution in [-0.2, 0) is 33.8 Å². The van der Waals surface area contributed by atoms with Crippen LogP contribution in [-0.4, -0.2) is 42.7 Å². The van der Waals surface area contributed by atoms with Crippen molar-refractivity contribution in [2.24, 2.45) is 0 Å². The highest BCUT2D eigenvalue weighted by molar-refractivity contribution is 9.10. The second kappa shape index (κ2) is 9.68. The van der Waals surface area contributed by atoms with Crippen molar-refractivity contribution in [3.05, 3.63) is 34.2 Å². The van der Waals surface area contributed by atoms with Crippen molar-refractivity contribution in [2.75, 3.05) is 17.5 Å². The van der Waals surface area contributed by atoms with Crippen LogP contribution in [0.1, 0.15) is 44.0 Å². The number of ether oxygens (including phenoxy) is 2. The molecule has 1 aliphatic rings. The van der Waals surface area contributed by atoms with E-state index in [1.165, 1.54) is 10.5 Å². The quantitative estimate of drug-likeness (QED) is 0.451. The molecule has 2 aromatic rings. The van der Waals surface area contributed by atoms with E-state index in [0.717, 1.165) is 24.1 Å². The summed E-state index contributed by atoms with van der Waals surface area (Å²) >= 11 is 1.13. The van der Waals surface area contributed by atoms with Crippen molar-refractivity contribution in [1.82, 2.24) is 14.8 Å². The minimum Gasteiger partial charge on any atom is -0.477 e. The summed E-state index contributed by atoms with van der Waals surface area (Å²) in [5.74, 6) is 0.0641. The monoisotopic (exact) mass is 486 g/mol. The van der Waals surface area contributed by atoms with E-state index in [2.05, 4.69) is 26.0 Å². The van der Waals surface area contributed by atoms with Gasteiger partial charge in [0, 0.05) is 11.3 Å². The van der Waals surface area contributed by atoms with Gasteiger partial charge in [-0.1, -0.05) is 0 Å². The number of nitrogens with zero attached hydrogens (tertiary/aromatic N) is 4. The number of carbonyl (C=O) groups is 1. The molecule has 0 amide bonds. The summed E-state index contributed by atoms with van der Waals surface area (Å²) in [6.45, 7) is 4.40. The molecule has 1 aliphatic carbocycles. The minimum atomic E-state index is -2.28. The van der Waals surface area contributed by atoms with Gasteiger partial charge in [-0.25, -0.2) is 9.19 Å². The molecule has 2 aromatic heterocycles. The molecule has 11 heteroatoms. The molecule has 0 spiro atoms. The van der Waals surface area contributed by atoms with E-state index in [1.807, 2.05) is 6.92 Å². The Kier molecular flexibility index (Phi) is 7.25. The molecule has 29 heavy (non-hydrogen) atoms. The standard InChI is InChI=1S/C18H23BrN4O5S/c1-3-27-17(24)11-22-15-6-5-7-16(13(15)10-21-22)23(29(25)26)12-8-14(19)18(20-9-12)28-4-2/h8-10,16H,3-7,11H2,1-2H3,(H,25,26). The number of fused-ring (bicyclic) bond motifs is 1. The molecular formula is C18H23BrN4O5S. The summed E-state index contributed by atoms with van der Waals surface area (Å²) in [6, 6.07) is 1.34. The van der Waals surface area contributed by atoms with Gasteiger partial charge in [-0.15, -0.1) is 0 Å². The van der Waals surface area contributed by atoms with E-state index in [0.29, 0.717) is 35.7 Å². The molecule has 0 saturated heterocycles. The summed E-state index contributed by atoms with van der Waals surface area (Å²) in [5, 5.41) is 4.33. The number of aromatic nitrogens is 3. The lowest BCUT2D eigenvalue weighted by molar-refractivity contribution is -0.144. The van der Waals surface area contributed by atoms with E-state index < -0.39 is 11.3 Å². The lowest BCUT2D eigenvalue weighted by Gasteiger charge is -2.32. The zero-order valence-electron chi connectivity index (χ0n) is 16.2. The Balaban J connectivity index is 1.93. The largest absolute Gasteiger partial charge is 0.477 e. The first kappa shape index (κ1) is 21.7. The third kappa shape index (κ3) is 4.78. The van der Waals surface area contributed by atoms with E-state index in [9.17, 15) is 13.6 Å². The van der Waals surface area contributed by atoms with Gasteiger partial charge in [0.1, 0.15) is 6.54 Å². The van der Waals surface area contributed by atoms with Crippen molar-refractivity contribution in [1.29, 1.82) is 0 Å². The maximum Gasteiger partial charge on any atom is 0.327 e. The third-order valence-electron chi connectivity index (χ3n) is 4.60. The van der Waals surface area contributed by atoms with Crippen molar-refractivity contribution in [3.8, 4) is 5.88 Å². The Morgan fingerprint density at radius 3 is 2.86 bits per heavy atom. The first-order chi connectivity index (χ1) is 14.0. The highest BCUT2D eigenvalue weighted by Gasteiger charge is 2.33. The molecule has 3 rings (SSSR count). The van der Waals surface area contributed by atoms with E-state index >= 15 is 0 Å². The summed E-state index contributed by atoms with van der Waals surface area (Å²) in [7, 11) is 0. The van der Waals surface area contributed by atoms with Crippen LogP contribution >= 0.6 is 15.9 Å². The number of halogens is 1. The van der Waals surface area contributed by atoms with Crippen molar-refractivity contribution < 1.29 is 23.0 Å². The van der Waals surface area contributed by atoms with Crippen molar-refractivity contribution >= 4 is 38.9 Å². The first-order valence-corrected chi connectivity index (χ1v) is 11.2. The first-order valence-electron chi connectivity index (χ1n) is 9.35. The third-order valence-corrected chi connectivity index (χ3v) is 5.97. The van der Waals surface area contributed by atoms with Crippen molar-refractivity contribution in [2.45, 2.75) is 45.7 Å². The van der Waals surface area contributed by atoms with E-state index in [-0.39, 0.29) is 18.6 Å². The van der Waals surface area contributed by atoms with Crippen LogP contribution in [0.15, 0.2) is 22.9 Å². The molecule has 0 aromatic carbocycles. The van der Waals surface area contributed by atoms with Gasteiger partial charge in [-0.2, -0.15) is 5.10 Å². The van der Waals surface area contributed by atoms with Crippen LogP contribution in [0.4, 0.5) is 5.69 Å². The predicted molar refractivity (Wildman–Crippen MR) is 111 cm³/mol. The summed E-state index contributed by atoms with van der Waals surface area (Å²) in [4.78, 5) is 16.1. The lowest BCUT2D eigenvalue weighted by atomic mass is 9.92. The van der Waals surface area contributed by atoms with Crippen LogP contribution in [0.5, 0.6) is 5.88 Å². The molecule has 9 nitrogen and oxygen atoms in total. The summed E-state index contributed by atoms with van der Waals surface area (Å²) < 4.78 is 36.4. The molecule has 0 bridgehead atoms. The fourth-order valence-corrected chi connectivity index (χ4v) is 4.63. The Hall–Kier alpha value is -1.98. The van der Waals surface area contributed by atoms with Crippen LogP contribution < -0.4 is 9.04 Å². The number of anilines is 1. The molecule has 2 atom stereocenters. The summed E-state index contributed by atoms with van der Waals surface area (Å²) in [5.41, 5.74) is 2.19. The van der Waals surface area contributed by atoms with Gasteiger partial charge in [0.25, 0.3) is 11.3 Å². The van der Waals surface area contributed by atoms with Crippen LogP contribution in [0, 0.1) is 0 Å². The number of esters is 1. The highest BCUT2D eigenvalue weighted by atomic mass is 79.9. The Labute approximate surface area is 179 Å². The Morgan fingerprint density at radius 2 is 2.21 bits per heavy atom. The average Bonchev–Trinajstić information content (AvgIpc) is 3.08. The molecule has 158 valence electrons. The zero-order valence-corrected chi connectivity index (χ0v) is 18.6. The fourth-order valence-electron chi connectivity index (χ4n) is 3.46. The van der Waals surface area contributed by atoms with Gasteiger partial charge >= 0.3 is 5.97 Å². The maximum absolute atomic E-state index is 12.3. The molecule has 0 radical (unpaired) electrons. The van der Waals surface area contributed by atoms with Gasteiger partial charge in [-0.3, -0.25) is 18.3 Å². The molecular weight excluding hydrogens is 464 g/mol. The van der Waals surface area contributed by atoms with Gasteiger partial charge in [0.15, 0.2) is 0 Å². The molecule has 0 saturated carbocycles. The van der Waals surface area contributed by atoms with Gasteiger partial charge in [-0.05, 0) is 55.1 Å². The molecule has 0 aliphatic heterocycles. The predicted octanol–water partition coefficient (Wildman–Crippen LogP) is 3.02. The van der Waals surface area contributed by atoms with E-state index in [4.69, 9.17) is 9.47 Å². The van der Waals surface area contributed by atoms with Crippen LogP contribution in [0.3, 0.4) is 0 Å². The smallest absolute Gasteiger partial charge is 0.327 e. The normalized spacial score (nSPS) is 16.8. The number of hydrogen-bond donors (Lipinski definition) is 1. The molecule has 0 fully saturated rings. The number of pyridine rings is 1. The fraction of sp³-hybridized carbons (Fsp3) is 0.500. The molecule has 2 unspecified atom stereocenters.